The van der Waals surface area contributed by atoms with E-state index >= 15 is 0 Å². The van der Waals surface area contributed by atoms with Crippen molar-refractivity contribution in [3.8, 4) is 56.7 Å². The fourth-order valence-corrected chi connectivity index (χ4v) is 10.9. The molecule has 8 aromatic carbocycles. The maximum Gasteiger partial charge on any atom is 0.238 e. The Balaban J connectivity index is 1.07. The predicted molar refractivity (Wildman–Crippen MR) is 261 cm³/mol. The van der Waals surface area contributed by atoms with E-state index in [2.05, 4.69) is 188 Å². The quantitative estimate of drug-likeness (QED) is 0.168. The van der Waals surface area contributed by atoms with E-state index in [1.165, 1.54) is 44.2 Å². The molecule has 11 aromatic rings. The zero-order valence-electron chi connectivity index (χ0n) is 35.8. The van der Waals surface area contributed by atoms with Crippen molar-refractivity contribution in [3.63, 3.8) is 0 Å². The van der Waals surface area contributed by atoms with Crippen molar-refractivity contribution in [1.82, 2.24) is 24.1 Å². The first-order valence-electron chi connectivity index (χ1n) is 21.9. The van der Waals surface area contributed by atoms with Gasteiger partial charge in [0, 0.05) is 38.4 Å². The summed E-state index contributed by atoms with van der Waals surface area (Å²) < 4.78 is 4.68. The third-order valence-electron chi connectivity index (χ3n) is 13.3. The highest BCUT2D eigenvalue weighted by molar-refractivity contribution is 6.23. The van der Waals surface area contributed by atoms with Gasteiger partial charge in [0.15, 0.2) is 11.6 Å². The minimum Gasteiger partial charge on any atom is -0.307 e. The smallest absolute Gasteiger partial charge is 0.238 e. The van der Waals surface area contributed by atoms with E-state index in [0.29, 0.717) is 17.6 Å². The lowest BCUT2D eigenvalue weighted by atomic mass is 9.80. The minimum atomic E-state index is 0.102. The summed E-state index contributed by atoms with van der Waals surface area (Å²) in [5, 5.41) is 4.63. The van der Waals surface area contributed by atoms with Crippen molar-refractivity contribution >= 4 is 43.6 Å². The SMILES string of the molecule is CC1(C)CC(C)(C)c2c(-c3cccc(-c4ccc(-n5c6ccccc6c6ccc7c8ccccc8n(-c8nc(-c9ccccc9)nc(-c9ccccc9)n8)c7c65)cc4)c3)cccc21. The van der Waals surface area contributed by atoms with Crippen LogP contribution in [0.1, 0.15) is 45.2 Å². The average Bonchev–Trinajstić information content (AvgIpc) is 3.91. The van der Waals surface area contributed by atoms with Gasteiger partial charge in [0.05, 0.1) is 22.1 Å². The fraction of sp³-hybridized carbons (Fsp3) is 0.121. The second-order valence-electron chi connectivity index (χ2n) is 18.4. The number of fused-ring (bicyclic) bond motifs is 8. The molecule has 0 radical (unpaired) electrons. The van der Waals surface area contributed by atoms with Crippen LogP contribution in [-0.4, -0.2) is 24.1 Å². The van der Waals surface area contributed by atoms with Gasteiger partial charge >= 0.3 is 0 Å². The Morgan fingerprint density at radius 3 is 1.56 bits per heavy atom. The summed E-state index contributed by atoms with van der Waals surface area (Å²) in [7, 11) is 0. The van der Waals surface area contributed by atoms with Crippen molar-refractivity contribution in [1.29, 1.82) is 0 Å². The third-order valence-corrected chi connectivity index (χ3v) is 13.3. The lowest BCUT2D eigenvalue weighted by Gasteiger charge is -2.24. The largest absolute Gasteiger partial charge is 0.307 e. The molecule has 0 saturated carbocycles. The van der Waals surface area contributed by atoms with Crippen LogP contribution < -0.4 is 0 Å². The molecule has 0 aliphatic heterocycles. The Hall–Kier alpha value is -7.63. The Morgan fingerprint density at radius 1 is 0.397 bits per heavy atom. The van der Waals surface area contributed by atoms with Gasteiger partial charge in [0.2, 0.25) is 5.95 Å². The number of hydrogen-bond acceptors (Lipinski definition) is 3. The lowest BCUT2D eigenvalue weighted by molar-refractivity contribution is 0.403. The van der Waals surface area contributed by atoms with E-state index in [-0.39, 0.29) is 10.8 Å². The molecule has 0 unspecified atom stereocenters. The van der Waals surface area contributed by atoms with Crippen molar-refractivity contribution < 1.29 is 0 Å². The first-order chi connectivity index (χ1) is 30.7. The van der Waals surface area contributed by atoms with Crippen molar-refractivity contribution in [2.24, 2.45) is 0 Å². The van der Waals surface area contributed by atoms with Gasteiger partial charge in [-0.2, -0.15) is 9.97 Å². The summed E-state index contributed by atoms with van der Waals surface area (Å²) in [6.45, 7) is 9.59. The maximum atomic E-state index is 5.27. The van der Waals surface area contributed by atoms with Crippen LogP contribution in [0.5, 0.6) is 0 Å². The molecule has 0 bridgehead atoms. The second kappa shape index (κ2) is 13.9. The van der Waals surface area contributed by atoms with Crippen LogP contribution in [0.15, 0.2) is 188 Å². The summed E-state index contributed by atoms with van der Waals surface area (Å²) in [6, 6.07) is 67.4. The molecule has 0 spiro atoms. The van der Waals surface area contributed by atoms with Gasteiger partial charge in [-0.05, 0) is 81.0 Å². The van der Waals surface area contributed by atoms with Crippen LogP contribution in [0.25, 0.3) is 100 Å². The van der Waals surface area contributed by atoms with Crippen molar-refractivity contribution in [2.75, 3.05) is 0 Å². The molecule has 302 valence electrons. The molecule has 0 amide bonds. The van der Waals surface area contributed by atoms with Crippen LogP contribution in [0.2, 0.25) is 0 Å². The number of rotatable bonds is 6. The zero-order valence-corrected chi connectivity index (χ0v) is 35.8. The normalized spacial score (nSPS) is 14.2. The molecule has 3 aromatic heterocycles. The summed E-state index contributed by atoms with van der Waals surface area (Å²) in [5.74, 6) is 1.83. The molecule has 1 aliphatic carbocycles. The van der Waals surface area contributed by atoms with Crippen LogP contribution in [0.4, 0.5) is 0 Å². The highest BCUT2D eigenvalue weighted by Crippen LogP contribution is 2.53. The Bertz CT molecular complexity index is 3520. The van der Waals surface area contributed by atoms with E-state index in [1.54, 1.807) is 0 Å². The van der Waals surface area contributed by atoms with Gasteiger partial charge < -0.3 is 4.57 Å². The molecule has 0 N–H and O–H groups in total. The summed E-state index contributed by atoms with van der Waals surface area (Å²) in [5.41, 5.74) is 15.5. The highest BCUT2D eigenvalue weighted by Gasteiger charge is 2.43. The molecule has 0 saturated heterocycles. The zero-order chi connectivity index (χ0) is 42.5. The van der Waals surface area contributed by atoms with Gasteiger partial charge in [0.25, 0.3) is 0 Å². The standard InChI is InChI=1S/C58H45N5/c1-57(2)36-58(3,4)51-43(25-16-26-48(51)57)41-22-15-21-40(35-41)37-29-31-42(32-30-37)62-49-27-13-11-23-44(49)46-33-34-47-45-24-12-14-28-50(45)63(53(47)52(46)62)56-60-54(38-17-7-5-8-18-38)59-55(61-56)39-19-9-6-10-20-39/h5-35H,36H2,1-4H3. The topological polar surface area (TPSA) is 48.5 Å². The molecule has 12 rings (SSSR count). The minimum absolute atomic E-state index is 0.102. The molecule has 0 fully saturated rings. The van der Waals surface area contributed by atoms with Gasteiger partial charge in [-0.1, -0.05) is 185 Å². The van der Waals surface area contributed by atoms with Crippen LogP contribution in [0, 0.1) is 0 Å². The number of para-hydroxylation sites is 2. The van der Waals surface area contributed by atoms with Crippen molar-refractivity contribution in [2.45, 2.75) is 44.9 Å². The number of nitrogens with zero attached hydrogens (tertiary/aromatic N) is 5. The van der Waals surface area contributed by atoms with E-state index in [9.17, 15) is 0 Å². The predicted octanol–water partition coefficient (Wildman–Crippen LogP) is 14.7. The van der Waals surface area contributed by atoms with E-state index in [1.807, 2.05) is 36.4 Å². The Labute approximate surface area is 367 Å². The number of hydrogen-bond donors (Lipinski definition) is 0. The maximum absolute atomic E-state index is 5.27. The fourth-order valence-electron chi connectivity index (χ4n) is 10.9. The molecule has 5 nitrogen and oxygen atoms in total. The summed E-state index contributed by atoms with van der Waals surface area (Å²) >= 11 is 0. The van der Waals surface area contributed by atoms with Gasteiger partial charge in [-0.25, -0.2) is 4.98 Å². The van der Waals surface area contributed by atoms with E-state index in [4.69, 9.17) is 15.0 Å². The molecule has 3 heterocycles. The second-order valence-corrected chi connectivity index (χ2v) is 18.4. The first-order valence-corrected chi connectivity index (χ1v) is 21.9. The first kappa shape index (κ1) is 37.2. The Kier molecular flexibility index (Phi) is 8.23. The molecule has 5 heteroatoms. The summed E-state index contributed by atoms with van der Waals surface area (Å²) in [4.78, 5) is 15.6. The highest BCUT2D eigenvalue weighted by atomic mass is 15.2. The summed E-state index contributed by atoms with van der Waals surface area (Å²) in [6.07, 6.45) is 1.14. The third kappa shape index (κ3) is 5.87. The van der Waals surface area contributed by atoms with E-state index < -0.39 is 0 Å². The number of benzene rings is 8. The van der Waals surface area contributed by atoms with Crippen molar-refractivity contribution in [3.05, 3.63) is 199 Å². The van der Waals surface area contributed by atoms with Crippen LogP contribution >= 0.6 is 0 Å². The van der Waals surface area contributed by atoms with Crippen LogP contribution in [-0.2, 0) is 10.8 Å². The molecule has 0 atom stereocenters. The monoisotopic (exact) mass is 811 g/mol. The molecule has 63 heavy (non-hydrogen) atoms. The number of aromatic nitrogens is 5. The Morgan fingerprint density at radius 2 is 0.921 bits per heavy atom. The molecular formula is C58H45N5. The average molecular weight is 812 g/mol. The molecule has 1 aliphatic rings. The van der Waals surface area contributed by atoms with Crippen LogP contribution in [0.3, 0.4) is 0 Å². The van der Waals surface area contributed by atoms with E-state index in [0.717, 1.165) is 56.1 Å². The van der Waals surface area contributed by atoms with Gasteiger partial charge in [0.1, 0.15) is 0 Å². The molecular weight excluding hydrogens is 767 g/mol. The van der Waals surface area contributed by atoms with Gasteiger partial charge in [-0.15, -0.1) is 0 Å². The van der Waals surface area contributed by atoms with Gasteiger partial charge in [-0.3, -0.25) is 4.57 Å². The lowest BCUT2D eigenvalue weighted by Crippen LogP contribution is -2.18.